The highest BCUT2D eigenvalue weighted by Crippen LogP contribution is 2.04. The average molecular weight is 259 g/mol. The highest BCUT2D eigenvalue weighted by atomic mass is 32.2. The van der Waals surface area contributed by atoms with Crippen LogP contribution in [0, 0.1) is 0 Å². The lowest BCUT2D eigenvalue weighted by Crippen LogP contribution is -2.38. The molecule has 0 aliphatic carbocycles. The Morgan fingerprint density at radius 1 is 1.59 bits per heavy atom. The van der Waals surface area contributed by atoms with Crippen LogP contribution in [0.1, 0.15) is 12.8 Å². The zero-order valence-electron chi connectivity index (χ0n) is 9.96. The molecule has 96 valence electrons. The second kappa shape index (κ2) is 5.16. The fraction of sp³-hybridized carbons (Fsp3) is 0.700. The van der Waals surface area contributed by atoms with Crippen molar-refractivity contribution in [2.75, 3.05) is 13.1 Å². The first-order valence-electron chi connectivity index (χ1n) is 5.77. The molecule has 0 saturated carbocycles. The van der Waals surface area contributed by atoms with Crippen molar-refractivity contribution in [2.45, 2.75) is 24.8 Å². The molecule has 0 bridgehead atoms. The Hall–Kier alpha value is -0.920. The lowest BCUT2D eigenvalue weighted by Gasteiger charge is -2.10. The van der Waals surface area contributed by atoms with Gasteiger partial charge in [0.05, 0.1) is 7.05 Å². The van der Waals surface area contributed by atoms with E-state index in [0.717, 1.165) is 19.4 Å². The third-order valence-corrected chi connectivity index (χ3v) is 4.10. The van der Waals surface area contributed by atoms with Crippen LogP contribution in [0.3, 0.4) is 0 Å². The molecular formula is C10H19N4O2S+. The number of aromatic nitrogens is 2. The van der Waals surface area contributed by atoms with Gasteiger partial charge >= 0.3 is 0 Å². The fourth-order valence-electron chi connectivity index (χ4n) is 1.98. The third kappa shape index (κ3) is 3.79. The molecule has 2 rings (SSSR count). The average Bonchev–Trinajstić information content (AvgIpc) is 2.86. The van der Waals surface area contributed by atoms with Crippen LogP contribution in [-0.2, 0) is 22.9 Å². The van der Waals surface area contributed by atoms with Gasteiger partial charge in [-0.25, -0.2) is 22.3 Å². The highest BCUT2D eigenvalue weighted by molar-refractivity contribution is 7.88. The Kier molecular flexibility index (Phi) is 3.80. The van der Waals surface area contributed by atoms with Gasteiger partial charge in [0.25, 0.3) is 10.0 Å². The van der Waals surface area contributed by atoms with Gasteiger partial charge < -0.3 is 5.32 Å². The van der Waals surface area contributed by atoms with Crippen LogP contribution in [0.4, 0.5) is 0 Å². The van der Waals surface area contributed by atoms with Crippen molar-refractivity contribution in [1.82, 2.24) is 14.6 Å². The second-order valence-corrected chi connectivity index (χ2v) is 6.26. The first-order valence-corrected chi connectivity index (χ1v) is 7.42. The van der Waals surface area contributed by atoms with Gasteiger partial charge in [-0.1, -0.05) is 0 Å². The molecule has 0 radical (unpaired) electrons. The molecule has 1 aliphatic rings. The van der Waals surface area contributed by atoms with E-state index in [0.29, 0.717) is 6.54 Å². The molecule has 1 aromatic heterocycles. The van der Waals surface area contributed by atoms with E-state index in [1.165, 1.54) is 0 Å². The van der Waals surface area contributed by atoms with E-state index >= 15 is 0 Å². The molecule has 2 heterocycles. The van der Waals surface area contributed by atoms with Gasteiger partial charge in [0.1, 0.15) is 12.4 Å². The van der Waals surface area contributed by atoms with Crippen molar-refractivity contribution in [3.05, 3.63) is 18.7 Å². The maximum atomic E-state index is 11.8. The van der Waals surface area contributed by atoms with E-state index < -0.39 is 10.0 Å². The summed E-state index contributed by atoms with van der Waals surface area (Å²) < 4.78 is 29.7. The number of imidazole rings is 1. The van der Waals surface area contributed by atoms with E-state index in [1.807, 2.05) is 17.8 Å². The SMILES string of the molecule is C[n+]1ccn(CS(=O)(=O)NC[C@@H]2CCCN2)c1. The molecule has 2 N–H and O–H groups in total. The standard InChI is InChI=1S/C10H19N4O2S/c1-13-5-6-14(8-13)9-17(15,16)12-7-10-3-2-4-11-10/h5-6,8,10-12H,2-4,7,9H2,1H3/q+1/t10-/m0/s1. The molecule has 0 amide bonds. The summed E-state index contributed by atoms with van der Waals surface area (Å²) in [5.41, 5.74) is 0. The Labute approximate surface area is 102 Å². The van der Waals surface area contributed by atoms with Crippen molar-refractivity contribution in [3.63, 3.8) is 0 Å². The molecule has 7 heteroatoms. The molecule has 0 aromatic carbocycles. The zero-order chi connectivity index (χ0) is 12.3. The lowest BCUT2D eigenvalue weighted by atomic mass is 10.2. The van der Waals surface area contributed by atoms with Crippen LogP contribution in [0.15, 0.2) is 18.7 Å². The van der Waals surface area contributed by atoms with Gasteiger partial charge in [0.2, 0.25) is 12.2 Å². The first-order chi connectivity index (χ1) is 8.05. The minimum absolute atomic E-state index is 0.0272. The molecule has 0 unspecified atom stereocenters. The fourth-order valence-corrected chi connectivity index (χ4v) is 3.07. The Bertz CT molecular complexity index is 462. The summed E-state index contributed by atoms with van der Waals surface area (Å²) in [4.78, 5) is 0. The van der Waals surface area contributed by atoms with E-state index in [1.54, 1.807) is 17.1 Å². The van der Waals surface area contributed by atoms with Crippen LogP contribution in [0.5, 0.6) is 0 Å². The Morgan fingerprint density at radius 2 is 2.41 bits per heavy atom. The largest absolute Gasteiger partial charge is 0.313 e. The number of nitrogens with zero attached hydrogens (tertiary/aromatic N) is 2. The molecule has 1 aromatic rings. The number of rotatable bonds is 5. The number of sulfonamides is 1. The Balaban J connectivity index is 1.85. The van der Waals surface area contributed by atoms with E-state index in [-0.39, 0.29) is 11.9 Å². The van der Waals surface area contributed by atoms with E-state index in [4.69, 9.17) is 0 Å². The third-order valence-electron chi connectivity index (χ3n) is 2.85. The van der Waals surface area contributed by atoms with Gasteiger partial charge in [-0.2, -0.15) is 0 Å². The van der Waals surface area contributed by atoms with Crippen LogP contribution in [0.25, 0.3) is 0 Å². The highest BCUT2D eigenvalue weighted by Gasteiger charge is 2.19. The minimum atomic E-state index is -3.25. The van der Waals surface area contributed by atoms with Crippen molar-refractivity contribution in [3.8, 4) is 0 Å². The molecule has 1 aliphatic heterocycles. The normalized spacial score (nSPS) is 20.9. The summed E-state index contributed by atoms with van der Waals surface area (Å²) in [6, 6.07) is 0.283. The van der Waals surface area contributed by atoms with Gasteiger partial charge in [0, 0.05) is 12.6 Å². The van der Waals surface area contributed by atoms with Gasteiger partial charge in [-0.15, -0.1) is 0 Å². The quantitative estimate of drug-likeness (QED) is 0.663. The molecular weight excluding hydrogens is 240 g/mol. The van der Waals surface area contributed by atoms with E-state index in [9.17, 15) is 8.42 Å². The number of hydrogen-bond acceptors (Lipinski definition) is 3. The molecule has 6 nitrogen and oxygen atoms in total. The smallest absolute Gasteiger partial charge is 0.251 e. The maximum absolute atomic E-state index is 11.8. The topological polar surface area (TPSA) is 67.0 Å². The van der Waals surface area contributed by atoms with Crippen LogP contribution >= 0.6 is 0 Å². The Morgan fingerprint density at radius 3 is 3.00 bits per heavy atom. The van der Waals surface area contributed by atoms with E-state index in [2.05, 4.69) is 10.0 Å². The molecule has 17 heavy (non-hydrogen) atoms. The van der Waals surface area contributed by atoms with Gasteiger partial charge in [0.15, 0.2) is 0 Å². The minimum Gasteiger partial charge on any atom is -0.313 e. The van der Waals surface area contributed by atoms with Crippen LogP contribution in [-0.4, -0.2) is 32.1 Å². The van der Waals surface area contributed by atoms with Gasteiger partial charge in [-0.05, 0) is 19.4 Å². The number of aryl methyl sites for hydroxylation is 1. The summed E-state index contributed by atoms with van der Waals surface area (Å²) >= 11 is 0. The van der Waals surface area contributed by atoms with Crippen LogP contribution in [0.2, 0.25) is 0 Å². The second-order valence-electron chi connectivity index (χ2n) is 4.48. The predicted octanol–water partition coefficient (Wildman–Crippen LogP) is -1.06. The number of nitrogens with one attached hydrogen (secondary N) is 2. The summed E-state index contributed by atoms with van der Waals surface area (Å²) in [5.74, 6) is -0.0272. The van der Waals surface area contributed by atoms with Crippen molar-refractivity contribution in [1.29, 1.82) is 0 Å². The van der Waals surface area contributed by atoms with Crippen molar-refractivity contribution in [2.24, 2.45) is 7.05 Å². The van der Waals surface area contributed by atoms with Crippen molar-refractivity contribution >= 4 is 10.0 Å². The van der Waals surface area contributed by atoms with Crippen LogP contribution < -0.4 is 14.6 Å². The zero-order valence-corrected chi connectivity index (χ0v) is 10.8. The molecule has 1 fully saturated rings. The lowest BCUT2D eigenvalue weighted by molar-refractivity contribution is -0.670. The molecule has 1 saturated heterocycles. The van der Waals surface area contributed by atoms with Gasteiger partial charge in [-0.3, -0.25) is 0 Å². The maximum Gasteiger partial charge on any atom is 0.251 e. The molecule has 1 atom stereocenters. The molecule has 0 spiro atoms. The van der Waals surface area contributed by atoms with Crippen molar-refractivity contribution < 1.29 is 13.0 Å². The summed E-state index contributed by atoms with van der Waals surface area (Å²) in [6.45, 7) is 1.47. The number of hydrogen-bond donors (Lipinski definition) is 2. The predicted molar refractivity (Wildman–Crippen MR) is 63.6 cm³/mol. The first kappa shape index (κ1) is 12.5. The summed E-state index contributed by atoms with van der Waals surface area (Å²) in [7, 11) is -1.39. The summed E-state index contributed by atoms with van der Waals surface area (Å²) in [6.07, 6.45) is 7.47. The monoisotopic (exact) mass is 259 g/mol. The summed E-state index contributed by atoms with van der Waals surface area (Å²) in [5, 5.41) is 3.26.